The average molecular weight is 309 g/mol. The van der Waals surface area contributed by atoms with E-state index in [-0.39, 0.29) is 11.3 Å². The fourth-order valence-electron chi connectivity index (χ4n) is 4.42. The number of rotatable bonds is 1. The Kier molecular flexibility index (Phi) is 2.91. The fraction of sp³-hybridized carbons (Fsp3) is 0.812. The molecule has 21 heavy (non-hydrogen) atoms. The maximum Gasteiger partial charge on any atom is 0.237 e. The summed E-state index contributed by atoms with van der Waals surface area (Å²) in [6.45, 7) is 6.39. The average Bonchev–Trinajstić information content (AvgIpc) is 3.15. The van der Waals surface area contributed by atoms with Gasteiger partial charge in [0.1, 0.15) is 0 Å². The van der Waals surface area contributed by atoms with Gasteiger partial charge in [0, 0.05) is 24.4 Å². The minimum absolute atomic E-state index is 0.269. The molecule has 2 atom stereocenters. The molecule has 116 valence electrons. The van der Waals surface area contributed by atoms with Crippen molar-refractivity contribution in [1.82, 2.24) is 4.90 Å². The molecule has 0 aromatic carbocycles. The van der Waals surface area contributed by atoms with Crippen molar-refractivity contribution in [2.75, 3.05) is 19.8 Å². The van der Waals surface area contributed by atoms with Gasteiger partial charge in [-0.25, -0.2) is 0 Å². The van der Waals surface area contributed by atoms with Crippen molar-refractivity contribution < 1.29 is 14.3 Å². The standard InChI is InChI=1S/C16H24NO3P/c1-14(2)12-5-8-17(11-3-4-11)13(18)15(12,21)6-7-16(14)19-9-10-20-16/h5,11H,3-4,6-10,21H2,1-2H3. The minimum atomic E-state index is -0.541. The predicted molar refractivity (Wildman–Crippen MR) is 82.9 cm³/mol. The first-order valence-corrected chi connectivity index (χ1v) is 8.57. The first-order valence-electron chi connectivity index (χ1n) is 8.00. The number of ether oxygens (including phenoxy) is 2. The van der Waals surface area contributed by atoms with E-state index in [4.69, 9.17) is 9.47 Å². The number of hydrogen-bond acceptors (Lipinski definition) is 3. The minimum Gasteiger partial charge on any atom is -0.347 e. The van der Waals surface area contributed by atoms with Gasteiger partial charge < -0.3 is 14.4 Å². The van der Waals surface area contributed by atoms with E-state index in [1.54, 1.807) is 0 Å². The topological polar surface area (TPSA) is 38.8 Å². The lowest BCUT2D eigenvalue weighted by Gasteiger charge is -2.56. The van der Waals surface area contributed by atoms with E-state index < -0.39 is 10.9 Å². The highest BCUT2D eigenvalue weighted by molar-refractivity contribution is 7.21. The maximum absolute atomic E-state index is 13.0. The van der Waals surface area contributed by atoms with Crippen LogP contribution in [0.4, 0.5) is 0 Å². The third kappa shape index (κ3) is 1.76. The predicted octanol–water partition coefficient (Wildman–Crippen LogP) is 2.09. The monoisotopic (exact) mass is 309 g/mol. The largest absolute Gasteiger partial charge is 0.347 e. The number of fused-ring (bicyclic) bond motifs is 1. The highest BCUT2D eigenvalue weighted by Crippen LogP contribution is 2.59. The van der Waals surface area contributed by atoms with E-state index in [1.807, 2.05) is 0 Å². The van der Waals surface area contributed by atoms with Crippen LogP contribution in [-0.2, 0) is 14.3 Å². The quantitative estimate of drug-likeness (QED) is 0.550. The molecular weight excluding hydrogens is 285 g/mol. The Bertz CT molecular complexity index is 520. The molecule has 0 radical (unpaired) electrons. The van der Waals surface area contributed by atoms with Crippen LogP contribution in [0.2, 0.25) is 0 Å². The summed E-state index contributed by atoms with van der Waals surface area (Å²) in [5.74, 6) is -0.255. The number of hydrogen-bond donors (Lipinski definition) is 0. The van der Waals surface area contributed by atoms with Gasteiger partial charge in [0.05, 0.1) is 18.4 Å². The summed E-state index contributed by atoms with van der Waals surface area (Å²) in [6, 6.07) is 0.478. The highest BCUT2D eigenvalue weighted by Gasteiger charge is 2.63. The van der Waals surface area contributed by atoms with E-state index >= 15 is 0 Å². The van der Waals surface area contributed by atoms with Gasteiger partial charge in [-0.2, -0.15) is 0 Å². The molecule has 0 aromatic rings. The van der Waals surface area contributed by atoms with Gasteiger partial charge in [-0.3, -0.25) is 4.79 Å². The number of nitrogens with zero attached hydrogens (tertiary/aromatic N) is 1. The molecule has 2 heterocycles. The second kappa shape index (κ2) is 4.31. The van der Waals surface area contributed by atoms with Gasteiger partial charge in [0.2, 0.25) is 5.91 Å². The lowest BCUT2D eigenvalue weighted by molar-refractivity contribution is -0.232. The molecular formula is C16H24NO3P. The smallest absolute Gasteiger partial charge is 0.237 e. The summed E-state index contributed by atoms with van der Waals surface area (Å²) in [6.07, 6.45) is 6.16. The fourth-order valence-corrected chi connectivity index (χ4v) is 5.21. The molecule has 2 aliphatic carbocycles. The van der Waals surface area contributed by atoms with Crippen molar-refractivity contribution in [2.24, 2.45) is 5.41 Å². The Morgan fingerprint density at radius 3 is 2.52 bits per heavy atom. The number of carbonyl (C=O) groups excluding carboxylic acids is 1. The Morgan fingerprint density at radius 2 is 1.90 bits per heavy atom. The van der Waals surface area contributed by atoms with Gasteiger partial charge in [-0.1, -0.05) is 19.9 Å². The lowest BCUT2D eigenvalue weighted by atomic mass is 9.62. The van der Waals surface area contributed by atoms with E-state index in [2.05, 4.69) is 34.1 Å². The highest BCUT2D eigenvalue weighted by atomic mass is 31.0. The van der Waals surface area contributed by atoms with Crippen LogP contribution < -0.4 is 0 Å². The summed E-state index contributed by atoms with van der Waals surface area (Å²) >= 11 is 0. The summed E-state index contributed by atoms with van der Waals surface area (Å²) in [5.41, 5.74) is 0.921. The first kappa shape index (κ1) is 14.2. The van der Waals surface area contributed by atoms with Crippen LogP contribution in [-0.4, -0.2) is 47.6 Å². The zero-order chi connectivity index (χ0) is 14.9. The molecule has 3 fully saturated rings. The number of carbonyl (C=O) groups is 1. The molecule has 0 N–H and O–H groups in total. The van der Waals surface area contributed by atoms with Gasteiger partial charge in [-0.05, 0) is 24.8 Å². The van der Waals surface area contributed by atoms with E-state index in [1.165, 1.54) is 5.57 Å². The molecule has 5 heteroatoms. The SMILES string of the molecule is CC1(C)C2=CCN(C3CC3)C(=O)C2(P)CCC12OCCO2. The van der Waals surface area contributed by atoms with Crippen molar-refractivity contribution in [3.05, 3.63) is 11.6 Å². The summed E-state index contributed by atoms with van der Waals surface area (Å²) < 4.78 is 12.0. The van der Waals surface area contributed by atoms with Gasteiger partial charge in [-0.15, -0.1) is 9.24 Å². The Morgan fingerprint density at radius 1 is 1.24 bits per heavy atom. The Hall–Kier alpha value is -0.440. The molecule has 0 bridgehead atoms. The zero-order valence-electron chi connectivity index (χ0n) is 12.9. The molecule has 2 saturated carbocycles. The first-order chi connectivity index (χ1) is 9.91. The van der Waals surface area contributed by atoms with Crippen LogP contribution in [0.25, 0.3) is 0 Å². The van der Waals surface area contributed by atoms with Crippen molar-refractivity contribution in [3.63, 3.8) is 0 Å². The molecule has 4 aliphatic rings. The normalized spacial score (nSPS) is 37.6. The molecule has 1 saturated heterocycles. The molecule has 1 amide bonds. The van der Waals surface area contributed by atoms with Crippen molar-refractivity contribution in [3.8, 4) is 0 Å². The van der Waals surface area contributed by atoms with Crippen molar-refractivity contribution in [1.29, 1.82) is 0 Å². The number of amides is 1. The van der Waals surface area contributed by atoms with Crippen LogP contribution in [0, 0.1) is 5.41 Å². The van der Waals surface area contributed by atoms with Crippen molar-refractivity contribution >= 4 is 15.1 Å². The molecule has 4 rings (SSSR count). The summed E-state index contributed by atoms with van der Waals surface area (Å²) in [7, 11) is 2.87. The molecule has 2 aliphatic heterocycles. The van der Waals surface area contributed by atoms with Crippen LogP contribution in [0.1, 0.15) is 39.5 Å². The van der Waals surface area contributed by atoms with E-state index in [0.29, 0.717) is 19.3 Å². The summed E-state index contributed by atoms with van der Waals surface area (Å²) in [4.78, 5) is 15.1. The van der Waals surface area contributed by atoms with Gasteiger partial charge in [0.25, 0.3) is 0 Å². The van der Waals surface area contributed by atoms with Crippen LogP contribution in [0.15, 0.2) is 11.6 Å². The lowest BCUT2D eigenvalue weighted by Crippen LogP contribution is -2.62. The van der Waals surface area contributed by atoms with E-state index in [0.717, 1.165) is 32.2 Å². The van der Waals surface area contributed by atoms with Gasteiger partial charge in [0.15, 0.2) is 5.79 Å². The second-order valence-corrected chi connectivity index (χ2v) is 8.34. The molecule has 0 aromatic heterocycles. The zero-order valence-corrected chi connectivity index (χ0v) is 14.0. The van der Waals surface area contributed by atoms with Crippen LogP contribution in [0.5, 0.6) is 0 Å². The Labute approximate surface area is 128 Å². The Balaban J connectivity index is 1.75. The molecule has 1 spiro atoms. The van der Waals surface area contributed by atoms with Crippen molar-refractivity contribution in [2.45, 2.75) is 56.5 Å². The van der Waals surface area contributed by atoms with Gasteiger partial charge >= 0.3 is 0 Å². The van der Waals surface area contributed by atoms with E-state index in [9.17, 15) is 4.79 Å². The molecule has 4 nitrogen and oxygen atoms in total. The second-order valence-electron chi connectivity index (χ2n) is 7.35. The third-order valence-electron chi connectivity index (χ3n) is 5.83. The summed E-state index contributed by atoms with van der Waals surface area (Å²) in [5, 5.41) is -0.453. The molecule has 2 unspecified atom stereocenters. The third-order valence-corrected chi connectivity index (χ3v) is 6.68. The maximum atomic E-state index is 13.0. The van der Waals surface area contributed by atoms with Crippen LogP contribution >= 0.6 is 9.24 Å². The van der Waals surface area contributed by atoms with Crippen LogP contribution in [0.3, 0.4) is 0 Å².